The van der Waals surface area contributed by atoms with Crippen LogP contribution in [-0.4, -0.2) is 36.8 Å². The average Bonchev–Trinajstić information content (AvgIpc) is 2.82. The standard InChI is InChI=1S/C15H28N2O2/c1-15(2)7-4-8-16-13(15)14(19)17-9-11-5-3-6-12(11)10-18/h11-13,16,18H,3-10H2,1-2H3,(H,17,19). The molecule has 1 heterocycles. The van der Waals surface area contributed by atoms with Crippen molar-refractivity contribution in [3.8, 4) is 0 Å². The third-order valence-electron chi connectivity index (χ3n) is 4.98. The first-order valence-electron chi connectivity index (χ1n) is 7.66. The van der Waals surface area contributed by atoms with E-state index in [9.17, 15) is 9.90 Å². The highest BCUT2D eigenvalue weighted by Crippen LogP contribution is 2.32. The van der Waals surface area contributed by atoms with Gasteiger partial charge in [-0.2, -0.15) is 0 Å². The van der Waals surface area contributed by atoms with E-state index < -0.39 is 0 Å². The minimum atomic E-state index is -0.0739. The molecule has 1 saturated carbocycles. The van der Waals surface area contributed by atoms with Gasteiger partial charge in [0.05, 0.1) is 6.04 Å². The van der Waals surface area contributed by atoms with E-state index in [1.165, 1.54) is 6.42 Å². The van der Waals surface area contributed by atoms with Gasteiger partial charge >= 0.3 is 0 Å². The van der Waals surface area contributed by atoms with E-state index in [4.69, 9.17) is 0 Å². The molecule has 0 radical (unpaired) electrons. The maximum Gasteiger partial charge on any atom is 0.237 e. The summed E-state index contributed by atoms with van der Waals surface area (Å²) in [4.78, 5) is 12.3. The summed E-state index contributed by atoms with van der Waals surface area (Å²) in [7, 11) is 0. The lowest BCUT2D eigenvalue weighted by Crippen LogP contribution is -2.56. The number of nitrogens with one attached hydrogen (secondary N) is 2. The number of hydrogen-bond acceptors (Lipinski definition) is 3. The van der Waals surface area contributed by atoms with Gasteiger partial charge in [-0.3, -0.25) is 4.79 Å². The molecule has 110 valence electrons. The number of amides is 1. The van der Waals surface area contributed by atoms with E-state index in [0.29, 0.717) is 11.8 Å². The summed E-state index contributed by atoms with van der Waals surface area (Å²) in [5, 5.41) is 15.8. The fourth-order valence-corrected chi connectivity index (χ4v) is 3.62. The monoisotopic (exact) mass is 268 g/mol. The fourth-order valence-electron chi connectivity index (χ4n) is 3.62. The van der Waals surface area contributed by atoms with Gasteiger partial charge in [0, 0.05) is 13.2 Å². The molecule has 3 unspecified atom stereocenters. The van der Waals surface area contributed by atoms with Gasteiger partial charge in [0.25, 0.3) is 0 Å². The Hall–Kier alpha value is -0.610. The van der Waals surface area contributed by atoms with Gasteiger partial charge in [-0.25, -0.2) is 0 Å². The van der Waals surface area contributed by atoms with Crippen LogP contribution in [0.15, 0.2) is 0 Å². The Morgan fingerprint density at radius 1 is 1.32 bits per heavy atom. The predicted octanol–water partition coefficient (Wildman–Crippen LogP) is 1.29. The van der Waals surface area contributed by atoms with Crippen LogP contribution < -0.4 is 10.6 Å². The van der Waals surface area contributed by atoms with Gasteiger partial charge < -0.3 is 15.7 Å². The Bertz CT molecular complexity index is 317. The molecule has 2 rings (SSSR count). The quantitative estimate of drug-likeness (QED) is 0.720. The van der Waals surface area contributed by atoms with Gasteiger partial charge in [0.1, 0.15) is 0 Å². The SMILES string of the molecule is CC1(C)CCCNC1C(=O)NCC1CCCC1CO. The van der Waals surface area contributed by atoms with E-state index in [1.54, 1.807) is 0 Å². The average molecular weight is 268 g/mol. The highest BCUT2D eigenvalue weighted by molar-refractivity contribution is 5.82. The second-order valence-electron chi connectivity index (χ2n) is 6.86. The molecule has 4 nitrogen and oxygen atoms in total. The lowest BCUT2D eigenvalue weighted by atomic mass is 9.77. The fraction of sp³-hybridized carbons (Fsp3) is 0.933. The van der Waals surface area contributed by atoms with E-state index in [0.717, 1.165) is 38.8 Å². The molecule has 3 N–H and O–H groups in total. The third-order valence-corrected chi connectivity index (χ3v) is 4.98. The number of aliphatic hydroxyl groups is 1. The van der Waals surface area contributed by atoms with Crippen molar-refractivity contribution in [1.29, 1.82) is 0 Å². The van der Waals surface area contributed by atoms with Crippen LogP contribution in [0.1, 0.15) is 46.0 Å². The summed E-state index contributed by atoms with van der Waals surface area (Å²) in [5.41, 5.74) is 0.0361. The van der Waals surface area contributed by atoms with Gasteiger partial charge in [0.2, 0.25) is 5.91 Å². The van der Waals surface area contributed by atoms with Crippen molar-refractivity contribution in [2.75, 3.05) is 19.7 Å². The zero-order valence-electron chi connectivity index (χ0n) is 12.2. The topological polar surface area (TPSA) is 61.4 Å². The Balaban J connectivity index is 1.83. The van der Waals surface area contributed by atoms with E-state index in [2.05, 4.69) is 24.5 Å². The van der Waals surface area contributed by atoms with Gasteiger partial charge in [-0.15, -0.1) is 0 Å². The van der Waals surface area contributed by atoms with E-state index >= 15 is 0 Å². The molecule has 3 atom stereocenters. The highest BCUT2D eigenvalue weighted by Gasteiger charge is 2.37. The molecule has 19 heavy (non-hydrogen) atoms. The maximum atomic E-state index is 12.3. The van der Waals surface area contributed by atoms with E-state index in [1.807, 2.05) is 0 Å². The zero-order valence-corrected chi connectivity index (χ0v) is 12.2. The van der Waals surface area contributed by atoms with Crippen molar-refractivity contribution in [3.05, 3.63) is 0 Å². The van der Waals surface area contributed by atoms with Crippen LogP contribution in [-0.2, 0) is 4.79 Å². The molecule has 1 saturated heterocycles. The summed E-state index contributed by atoms with van der Waals surface area (Å²) in [6, 6.07) is -0.0739. The first-order chi connectivity index (χ1) is 9.04. The van der Waals surface area contributed by atoms with Crippen molar-refractivity contribution in [1.82, 2.24) is 10.6 Å². The Labute approximate surface area is 116 Å². The van der Waals surface area contributed by atoms with Crippen LogP contribution in [0.25, 0.3) is 0 Å². The number of carbonyl (C=O) groups excluding carboxylic acids is 1. The molecule has 1 aliphatic heterocycles. The van der Waals surface area contributed by atoms with Gasteiger partial charge in [-0.1, -0.05) is 20.3 Å². The summed E-state index contributed by atoms with van der Waals surface area (Å²) in [6.45, 7) is 6.24. The number of aliphatic hydroxyl groups excluding tert-OH is 1. The first-order valence-corrected chi connectivity index (χ1v) is 7.66. The lowest BCUT2D eigenvalue weighted by molar-refractivity contribution is -0.127. The smallest absolute Gasteiger partial charge is 0.237 e. The summed E-state index contributed by atoms with van der Waals surface area (Å²) < 4.78 is 0. The molecule has 0 aromatic carbocycles. The van der Waals surface area contributed by atoms with Crippen molar-refractivity contribution < 1.29 is 9.90 Å². The molecule has 0 bridgehead atoms. The summed E-state index contributed by atoms with van der Waals surface area (Å²) in [5.74, 6) is 0.974. The number of piperidine rings is 1. The normalized spacial score (nSPS) is 34.2. The lowest BCUT2D eigenvalue weighted by Gasteiger charge is -2.38. The molecule has 4 heteroatoms. The van der Waals surface area contributed by atoms with Crippen molar-refractivity contribution >= 4 is 5.91 Å². The van der Waals surface area contributed by atoms with Crippen molar-refractivity contribution in [2.24, 2.45) is 17.3 Å². The van der Waals surface area contributed by atoms with Crippen LogP contribution in [0.3, 0.4) is 0 Å². The summed E-state index contributed by atoms with van der Waals surface area (Å²) >= 11 is 0. The third kappa shape index (κ3) is 3.48. The molecule has 1 amide bonds. The number of rotatable bonds is 4. The molecule has 2 aliphatic rings. The molecule has 2 fully saturated rings. The van der Waals surface area contributed by atoms with Crippen molar-refractivity contribution in [2.45, 2.75) is 52.0 Å². The largest absolute Gasteiger partial charge is 0.396 e. The molecular weight excluding hydrogens is 240 g/mol. The highest BCUT2D eigenvalue weighted by atomic mass is 16.3. The second kappa shape index (κ2) is 6.23. The van der Waals surface area contributed by atoms with Crippen molar-refractivity contribution in [3.63, 3.8) is 0 Å². The zero-order chi connectivity index (χ0) is 13.9. The second-order valence-corrected chi connectivity index (χ2v) is 6.86. The molecule has 0 aromatic rings. The molecule has 1 aliphatic carbocycles. The Kier molecular flexibility index (Phi) is 4.85. The van der Waals surface area contributed by atoms with E-state index in [-0.39, 0.29) is 24.0 Å². The maximum absolute atomic E-state index is 12.3. The molecule has 0 aromatic heterocycles. The first kappa shape index (κ1) is 14.8. The molecular formula is C15H28N2O2. The van der Waals surface area contributed by atoms with Crippen LogP contribution in [0.5, 0.6) is 0 Å². The van der Waals surface area contributed by atoms with Crippen LogP contribution >= 0.6 is 0 Å². The van der Waals surface area contributed by atoms with Gasteiger partial charge in [0.15, 0.2) is 0 Å². The Morgan fingerprint density at radius 3 is 2.74 bits per heavy atom. The Morgan fingerprint density at radius 2 is 2.05 bits per heavy atom. The predicted molar refractivity (Wildman–Crippen MR) is 75.7 cm³/mol. The number of carbonyl (C=O) groups is 1. The van der Waals surface area contributed by atoms with Crippen LogP contribution in [0.2, 0.25) is 0 Å². The van der Waals surface area contributed by atoms with Gasteiger partial charge in [-0.05, 0) is 49.5 Å². The minimum absolute atomic E-state index is 0.0361. The van der Waals surface area contributed by atoms with Crippen LogP contribution in [0.4, 0.5) is 0 Å². The number of hydrogen-bond donors (Lipinski definition) is 3. The minimum Gasteiger partial charge on any atom is -0.396 e. The summed E-state index contributed by atoms with van der Waals surface area (Å²) in [6.07, 6.45) is 5.66. The molecule has 0 spiro atoms. The van der Waals surface area contributed by atoms with Crippen LogP contribution in [0, 0.1) is 17.3 Å².